The molecule has 2 amide bonds. The van der Waals surface area contributed by atoms with Gasteiger partial charge in [0.1, 0.15) is 17.2 Å². The Morgan fingerprint density at radius 2 is 1.52 bits per heavy atom. The highest BCUT2D eigenvalue weighted by Gasteiger charge is 2.42. The van der Waals surface area contributed by atoms with Gasteiger partial charge in [0.05, 0.1) is 31.2 Å². The molecule has 2 heterocycles. The van der Waals surface area contributed by atoms with Gasteiger partial charge in [0.2, 0.25) is 0 Å². The number of hydrogen-bond acceptors (Lipinski definition) is 6. The van der Waals surface area contributed by atoms with Gasteiger partial charge in [0, 0.05) is 4.88 Å². The number of nitrogens with zero attached hydrogens (tertiary/aromatic N) is 1. The molecular formula is C22H18N2O4S. The normalized spacial score (nSPS) is 13.8. The molecule has 2 aromatic carbocycles. The summed E-state index contributed by atoms with van der Waals surface area (Å²) >= 11 is 1.40. The van der Waals surface area contributed by atoms with E-state index < -0.39 is 11.8 Å². The molecule has 6 nitrogen and oxygen atoms in total. The van der Waals surface area contributed by atoms with Gasteiger partial charge in [0.15, 0.2) is 0 Å². The highest BCUT2D eigenvalue weighted by molar-refractivity contribution is 7.11. The van der Waals surface area contributed by atoms with Crippen LogP contribution in [0.1, 0.15) is 4.88 Å². The van der Waals surface area contributed by atoms with Crippen molar-refractivity contribution in [1.82, 2.24) is 0 Å². The monoisotopic (exact) mass is 406 g/mol. The smallest absolute Gasteiger partial charge is 0.282 e. The molecule has 146 valence electrons. The first-order valence-corrected chi connectivity index (χ1v) is 9.73. The predicted molar refractivity (Wildman–Crippen MR) is 113 cm³/mol. The van der Waals surface area contributed by atoms with Crippen LogP contribution >= 0.6 is 11.3 Å². The topological polar surface area (TPSA) is 67.9 Å². The summed E-state index contributed by atoms with van der Waals surface area (Å²) in [4.78, 5) is 28.6. The molecule has 1 aromatic heterocycles. The Bertz CT molecular complexity index is 1110. The van der Waals surface area contributed by atoms with E-state index in [0.29, 0.717) is 33.3 Å². The maximum absolute atomic E-state index is 13.4. The molecule has 0 unspecified atom stereocenters. The second-order valence-electron chi connectivity index (χ2n) is 6.17. The van der Waals surface area contributed by atoms with Gasteiger partial charge in [-0.1, -0.05) is 30.3 Å². The van der Waals surface area contributed by atoms with Gasteiger partial charge in [-0.15, -0.1) is 11.3 Å². The number of anilines is 2. The number of thiophene rings is 1. The van der Waals surface area contributed by atoms with Crippen molar-refractivity contribution < 1.29 is 19.1 Å². The lowest BCUT2D eigenvalue weighted by atomic mass is 10.1. The van der Waals surface area contributed by atoms with Crippen molar-refractivity contribution in [1.29, 1.82) is 0 Å². The van der Waals surface area contributed by atoms with Crippen LogP contribution in [0.3, 0.4) is 0 Å². The Hall–Kier alpha value is -3.58. The Kier molecular flexibility index (Phi) is 5.05. The summed E-state index contributed by atoms with van der Waals surface area (Å²) in [7, 11) is 3.06. The van der Waals surface area contributed by atoms with Crippen LogP contribution in [-0.4, -0.2) is 26.0 Å². The zero-order valence-electron chi connectivity index (χ0n) is 15.8. The average molecular weight is 406 g/mol. The van der Waals surface area contributed by atoms with Crippen LogP contribution < -0.4 is 19.7 Å². The van der Waals surface area contributed by atoms with Gasteiger partial charge >= 0.3 is 0 Å². The standard InChI is InChI=1S/C22H18N2O4S/c1-27-16-10-5-3-8-14(16)23-20-19(18-12-7-13-29-18)21(25)24(22(20)26)15-9-4-6-11-17(15)28-2/h3-13,23H,1-2H3. The Labute approximate surface area is 172 Å². The minimum atomic E-state index is -0.450. The maximum atomic E-state index is 13.4. The Morgan fingerprint density at radius 1 is 0.828 bits per heavy atom. The molecule has 0 fully saturated rings. The van der Waals surface area contributed by atoms with E-state index in [9.17, 15) is 9.59 Å². The fourth-order valence-corrected chi connectivity index (χ4v) is 3.98. The van der Waals surface area contributed by atoms with Crippen molar-refractivity contribution in [3.05, 3.63) is 76.6 Å². The Balaban J connectivity index is 1.83. The van der Waals surface area contributed by atoms with Crippen molar-refractivity contribution in [3.8, 4) is 11.5 Å². The van der Waals surface area contributed by atoms with Crippen LogP contribution in [0.2, 0.25) is 0 Å². The third kappa shape index (κ3) is 3.25. The van der Waals surface area contributed by atoms with E-state index in [0.717, 1.165) is 4.90 Å². The van der Waals surface area contributed by atoms with Gasteiger partial charge < -0.3 is 14.8 Å². The molecule has 4 rings (SSSR count). The van der Waals surface area contributed by atoms with E-state index in [-0.39, 0.29) is 5.70 Å². The number of hydrogen-bond donors (Lipinski definition) is 1. The van der Waals surface area contributed by atoms with Gasteiger partial charge in [-0.2, -0.15) is 0 Å². The first kappa shape index (κ1) is 18.8. The molecule has 1 aliphatic heterocycles. The molecule has 0 spiro atoms. The molecule has 0 radical (unpaired) electrons. The average Bonchev–Trinajstić information content (AvgIpc) is 3.35. The summed E-state index contributed by atoms with van der Waals surface area (Å²) < 4.78 is 10.7. The van der Waals surface area contributed by atoms with Gasteiger partial charge in [-0.3, -0.25) is 9.59 Å². The number of carbonyl (C=O) groups excluding carboxylic acids is 2. The lowest BCUT2D eigenvalue weighted by Gasteiger charge is -2.18. The van der Waals surface area contributed by atoms with Crippen LogP contribution in [0.15, 0.2) is 71.7 Å². The molecule has 0 aliphatic carbocycles. The number of benzene rings is 2. The number of rotatable bonds is 6. The van der Waals surface area contributed by atoms with Crippen LogP contribution in [0.4, 0.5) is 11.4 Å². The summed E-state index contributed by atoms with van der Waals surface area (Å²) in [6.45, 7) is 0. The zero-order valence-corrected chi connectivity index (χ0v) is 16.7. The predicted octanol–water partition coefficient (Wildman–Crippen LogP) is 4.16. The number of methoxy groups -OCH3 is 2. The minimum Gasteiger partial charge on any atom is -0.495 e. The van der Waals surface area contributed by atoms with Crippen molar-refractivity contribution in [2.45, 2.75) is 0 Å². The number of amides is 2. The van der Waals surface area contributed by atoms with Crippen LogP contribution in [0, 0.1) is 0 Å². The van der Waals surface area contributed by atoms with Crippen molar-refractivity contribution >= 4 is 40.1 Å². The number of nitrogens with one attached hydrogen (secondary N) is 1. The highest BCUT2D eigenvalue weighted by atomic mass is 32.1. The van der Waals surface area contributed by atoms with E-state index in [1.807, 2.05) is 29.6 Å². The Morgan fingerprint density at radius 3 is 2.21 bits per heavy atom. The third-order valence-corrected chi connectivity index (χ3v) is 5.43. The minimum absolute atomic E-state index is 0.202. The fourth-order valence-electron chi connectivity index (χ4n) is 3.21. The van der Waals surface area contributed by atoms with Crippen molar-refractivity contribution in [2.24, 2.45) is 0 Å². The zero-order chi connectivity index (χ0) is 20.4. The second-order valence-corrected chi connectivity index (χ2v) is 7.12. The summed E-state index contributed by atoms with van der Waals surface area (Å²) in [5.41, 5.74) is 1.52. The molecule has 0 saturated heterocycles. The first-order chi connectivity index (χ1) is 14.2. The molecule has 0 bridgehead atoms. The van der Waals surface area contributed by atoms with E-state index >= 15 is 0 Å². The molecule has 7 heteroatoms. The van der Waals surface area contributed by atoms with E-state index in [1.165, 1.54) is 18.4 Å². The summed E-state index contributed by atoms with van der Waals surface area (Å²) in [6.07, 6.45) is 0. The van der Waals surface area contributed by atoms with Gasteiger partial charge in [-0.05, 0) is 35.7 Å². The maximum Gasteiger partial charge on any atom is 0.282 e. The first-order valence-electron chi connectivity index (χ1n) is 8.85. The van der Waals surface area contributed by atoms with Gasteiger partial charge in [0.25, 0.3) is 11.8 Å². The number of imide groups is 1. The van der Waals surface area contributed by atoms with Crippen LogP contribution in [0.5, 0.6) is 11.5 Å². The highest BCUT2D eigenvalue weighted by Crippen LogP contribution is 2.39. The van der Waals surface area contributed by atoms with Crippen molar-refractivity contribution in [2.75, 3.05) is 24.4 Å². The second kappa shape index (κ2) is 7.81. The lowest BCUT2D eigenvalue weighted by Crippen LogP contribution is -2.32. The SMILES string of the molecule is COc1ccccc1NC1=C(c2cccs2)C(=O)N(c2ccccc2OC)C1=O. The van der Waals surface area contributed by atoms with Gasteiger partial charge in [-0.25, -0.2) is 4.90 Å². The number of ether oxygens (including phenoxy) is 2. The largest absolute Gasteiger partial charge is 0.495 e. The van der Waals surface area contributed by atoms with E-state index in [1.54, 1.807) is 43.5 Å². The molecule has 3 aromatic rings. The summed E-state index contributed by atoms with van der Waals surface area (Å²) in [5.74, 6) is 0.160. The fraction of sp³-hybridized carbons (Fsp3) is 0.0909. The molecule has 29 heavy (non-hydrogen) atoms. The number of para-hydroxylation sites is 4. The molecular weight excluding hydrogens is 388 g/mol. The lowest BCUT2D eigenvalue weighted by molar-refractivity contribution is -0.120. The van der Waals surface area contributed by atoms with E-state index in [2.05, 4.69) is 5.32 Å². The molecule has 0 atom stereocenters. The van der Waals surface area contributed by atoms with Crippen LogP contribution in [0.25, 0.3) is 5.57 Å². The van der Waals surface area contributed by atoms with Crippen molar-refractivity contribution in [3.63, 3.8) is 0 Å². The summed E-state index contributed by atoms with van der Waals surface area (Å²) in [5, 5.41) is 4.99. The third-order valence-electron chi connectivity index (χ3n) is 4.54. The molecule has 1 aliphatic rings. The van der Waals surface area contributed by atoms with Crippen LogP contribution in [-0.2, 0) is 9.59 Å². The molecule has 0 saturated carbocycles. The summed E-state index contributed by atoms with van der Waals surface area (Å²) in [6, 6.07) is 17.9. The van der Waals surface area contributed by atoms with E-state index in [4.69, 9.17) is 9.47 Å². The quantitative estimate of drug-likeness (QED) is 0.623. The molecule has 1 N–H and O–H groups in total. The number of carbonyl (C=O) groups is 2.